The van der Waals surface area contributed by atoms with Gasteiger partial charge in [0.2, 0.25) is 0 Å². The zero-order chi connectivity index (χ0) is 26.6. The normalized spacial score (nSPS) is 11.7. The maximum absolute atomic E-state index is 13.7. The van der Waals surface area contributed by atoms with Crippen molar-refractivity contribution in [2.45, 2.75) is 20.4 Å². The molecule has 38 heavy (non-hydrogen) atoms. The van der Waals surface area contributed by atoms with Gasteiger partial charge >= 0.3 is 11.9 Å². The van der Waals surface area contributed by atoms with Gasteiger partial charge in [0, 0.05) is 5.39 Å². The topological polar surface area (TPSA) is 99.9 Å². The van der Waals surface area contributed by atoms with E-state index in [1.165, 1.54) is 22.7 Å². The highest BCUT2D eigenvalue weighted by Crippen LogP contribution is 2.28. The molecule has 0 aliphatic rings. The summed E-state index contributed by atoms with van der Waals surface area (Å²) in [6.07, 6.45) is 0. The molecule has 0 saturated heterocycles. The summed E-state index contributed by atoms with van der Waals surface area (Å²) >= 11 is 2.75. The number of hydrogen-bond donors (Lipinski definition) is 0. The summed E-state index contributed by atoms with van der Waals surface area (Å²) in [7, 11) is 0. The molecule has 192 valence electrons. The van der Waals surface area contributed by atoms with Crippen molar-refractivity contribution >= 4 is 61.6 Å². The van der Waals surface area contributed by atoms with E-state index in [-0.39, 0.29) is 19.8 Å². The van der Waals surface area contributed by atoms with Gasteiger partial charge in [-0.15, -0.1) is 11.3 Å². The highest BCUT2D eigenvalue weighted by Gasteiger charge is 2.18. The Morgan fingerprint density at radius 2 is 1.79 bits per heavy atom. The number of hydrogen-bond acceptors (Lipinski definition) is 8. The lowest BCUT2D eigenvalue weighted by atomic mass is 10.1. The van der Waals surface area contributed by atoms with Crippen LogP contribution in [-0.2, 0) is 20.8 Å². The van der Waals surface area contributed by atoms with Crippen LogP contribution in [0.25, 0.3) is 31.7 Å². The summed E-state index contributed by atoms with van der Waals surface area (Å²) < 4.78 is 12.6. The number of carbonyl (C=O) groups is 3. The van der Waals surface area contributed by atoms with E-state index in [4.69, 9.17) is 14.5 Å². The van der Waals surface area contributed by atoms with Crippen molar-refractivity contribution in [3.05, 3.63) is 82.0 Å². The molecule has 0 saturated carbocycles. The predicted molar refractivity (Wildman–Crippen MR) is 147 cm³/mol. The van der Waals surface area contributed by atoms with E-state index in [0.717, 1.165) is 4.88 Å². The van der Waals surface area contributed by atoms with Crippen LogP contribution >= 0.6 is 22.7 Å². The summed E-state index contributed by atoms with van der Waals surface area (Å²) in [5.41, 5.74) is 2.81. The van der Waals surface area contributed by atoms with Crippen molar-refractivity contribution in [2.75, 3.05) is 13.2 Å². The third-order valence-electron chi connectivity index (χ3n) is 5.70. The van der Waals surface area contributed by atoms with Crippen LogP contribution in [-0.4, -0.2) is 40.6 Å². The Hall–Kier alpha value is -4.15. The first-order chi connectivity index (χ1) is 18.5. The van der Waals surface area contributed by atoms with E-state index < -0.39 is 17.8 Å². The van der Waals surface area contributed by atoms with Crippen LogP contribution in [0.5, 0.6) is 0 Å². The average molecular weight is 546 g/mol. The molecule has 0 aliphatic heterocycles. The number of pyridine rings is 1. The molecular formula is C28H23N3O5S2. The molecule has 3 aromatic heterocycles. The molecule has 10 heteroatoms. The van der Waals surface area contributed by atoms with E-state index in [0.29, 0.717) is 42.7 Å². The zero-order valence-electron chi connectivity index (χ0n) is 20.7. The van der Waals surface area contributed by atoms with Gasteiger partial charge in [0.05, 0.1) is 50.6 Å². The standard InChI is InChI=1S/C28H23N3O5S2/c1-3-35-25(32)16-31-22-12-11-17(27(34)36-4-2)14-24(22)38-28(31)30-26(33)19-15-21(23-10-7-13-37-23)29-20-9-6-5-8-18(19)20/h5-15H,3-4,16H2,1-2H3. The molecule has 0 aliphatic carbocycles. The van der Waals surface area contributed by atoms with Crippen LogP contribution in [0, 0.1) is 0 Å². The molecule has 3 heterocycles. The Morgan fingerprint density at radius 1 is 0.974 bits per heavy atom. The first-order valence-corrected chi connectivity index (χ1v) is 13.7. The number of amides is 1. The summed E-state index contributed by atoms with van der Waals surface area (Å²) in [4.78, 5) is 48.8. The van der Waals surface area contributed by atoms with E-state index in [2.05, 4.69) is 4.99 Å². The van der Waals surface area contributed by atoms with E-state index in [9.17, 15) is 14.4 Å². The first-order valence-electron chi connectivity index (χ1n) is 12.0. The molecule has 5 aromatic rings. The molecule has 1 amide bonds. The van der Waals surface area contributed by atoms with Crippen LogP contribution in [0.1, 0.15) is 34.6 Å². The Balaban J connectivity index is 1.66. The van der Waals surface area contributed by atoms with Crippen LogP contribution in [0.15, 0.2) is 71.0 Å². The number of benzene rings is 2. The van der Waals surface area contributed by atoms with Gasteiger partial charge in [-0.1, -0.05) is 35.6 Å². The summed E-state index contributed by atoms with van der Waals surface area (Å²) in [5, 5.41) is 2.64. The number of aromatic nitrogens is 2. The van der Waals surface area contributed by atoms with Crippen molar-refractivity contribution in [3.8, 4) is 10.6 Å². The number of thiophene rings is 1. The number of esters is 2. The Labute approximate surface area is 225 Å². The van der Waals surface area contributed by atoms with Crippen molar-refractivity contribution in [1.82, 2.24) is 9.55 Å². The van der Waals surface area contributed by atoms with Crippen LogP contribution in [0.4, 0.5) is 0 Å². The SMILES string of the molecule is CCOC(=O)Cn1c(=NC(=O)c2cc(-c3cccs3)nc3ccccc23)sc2cc(C(=O)OCC)ccc21. The number of thiazole rings is 1. The highest BCUT2D eigenvalue weighted by atomic mass is 32.1. The van der Waals surface area contributed by atoms with Crippen molar-refractivity contribution in [3.63, 3.8) is 0 Å². The van der Waals surface area contributed by atoms with Gasteiger partial charge in [-0.2, -0.15) is 4.99 Å². The number of fused-ring (bicyclic) bond motifs is 2. The molecule has 0 unspecified atom stereocenters. The summed E-state index contributed by atoms with van der Waals surface area (Å²) in [5.74, 6) is -1.36. The number of para-hydroxylation sites is 1. The van der Waals surface area contributed by atoms with E-state index >= 15 is 0 Å². The van der Waals surface area contributed by atoms with Crippen molar-refractivity contribution in [1.29, 1.82) is 0 Å². The van der Waals surface area contributed by atoms with Gasteiger partial charge in [-0.3, -0.25) is 9.59 Å². The molecule has 0 atom stereocenters. The second-order valence-electron chi connectivity index (χ2n) is 8.15. The Bertz CT molecular complexity index is 1730. The van der Waals surface area contributed by atoms with Gasteiger partial charge in [0.15, 0.2) is 4.80 Å². The molecular weight excluding hydrogens is 522 g/mol. The van der Waals surface area contributed by atoms with Gasteiger partial charge < -0.3 is 14.0 Å². The lowest BCUT2D eigenvalue weighted by Crippen LogP contribution is -2.23. The number of ether oxygens (including phenoxy) is 2. The second kappa shape index (κ2) is 11.1. The van der Waals surface area contributed by atoms with Gasteiger partial charge in [0.25, 0.3) is 5.91 Å². The molecule has 8 nitrogen and oxygen atoms in total. The maximum atomic E-state index is 13.7. The minimum Gasteiger partial charge on any atom is -0.465 e. The van der Waals surface area contributed by atoms with Gasteiger partial charge in [-0.05, 0) is 55.6 Å². The average Bonchev–Trinajstić information content (AvgIpc) is 3.57. The van der Waals surface area contributed by atoms with Crippen LogP contribution in [0.3, 0.4) is 0 Å². The lowest BCUT2D eigenvalue weighted by Gasteiger charge is -2.07. The summed E-state index contributed by atoms with van der Waals surface area (Å²) in [6, 6.07) is 18.1. The summed E-state index contributed by atoms with van der Waals surface area (Å²) in [6.45, 7) is 3.83. The quantitative estimate of drug-likeness (QED) is 0.252. The third kappa shape index (κ3) is 5.13. The van der Waals surface area contributed by atoms with Crippen LogP contribution < -0.4 is 4.80 Å². The lowest BCUT2D eigenvalue weighted by molar-refractivity contribution is -0.143. The van der Waals surface area contributed by atoms with Crippen LogP contribution in [0.2, 0.25) is 0 Å². The molecule has 0 radical (unpaired) electrons. The molecule has 0 N–H and O–H groups in total. The molecule has 0 spiro atoms. The smallest absolute Gasteiger partial charge is 0.338 e. The zero-order valence-corrected chi connectivity index (χ0v) is 22.3. The number of rotatable bonds is 7. The first kappa shape index (κ1) is 25.5. The fourth-order valence-corrected chi connectivity index (χ4v) is 5.79. The minimum absolute atomic E-state index is 0.129. The molecule has 0 bridgehead atoms. The van der Waals surface area contributed by atoms with Gasteiger partial charge in [0.1, 0.15) is 6.54 Å². The van der Waals surface area contributed by atoms with Crippen molar-refractivity contribution < 1.29 is 23.9 Å². The largest absolute Gasteiger partial charge is 0.465 e. The van der Waals surface area contributed by atoms with Gasteiger partial charge in [-0.25, -0.2) is 9.78 Å². The Morgan fingerprint density at radius 3 is 2.55 bits per heavy atom. The second-order valence-corrected chi connectivity index (χ2v) is 10.1. The molecule has 2 aromatic carbocycles. The number of nitrogens with zero attached hydrogens (tertiary/aromatic N) is 3. The molecule has 5 rings (SSSR count). The highest BCUT2D eigenvalue weighted by molar-refractivity contribution is 7.16. The fourth-order valence-electron chi connectivity index (χ4n) is 4.04. The fraction of sp³-hybridized carbons (Fsp3) is 0.179. The predicted octanol–water partition coefficient (Wildman–Crippen LogP) is 5.46. The minimum atomic E-state index is -0.462. The monoisotopic (exact) mass is 545 g/mol. The van der Waals surface area contributed by atoms with E-state index in [1.54, 1.807) is 42.7 Å². The molecule has 0 fully saturated rings. The third-order valence-corrected chi connectivity index (χ3v) is 7.64. The number of carbonyl (C=O) groups excluding carboxylic acids is 3. The van der Waals surface area contributed by atoms with Crippen molar-refractivity contribution in [2.24, 2.45) is 4.99 Å². The Kier molecular flexibility index (Phi) is 7.43. The van der Waals surface area contributed by atoms with E-state index in [1.807, 2.05) is 41.8 Å². The maximum Gasteiger partial charge on any atom is 0.338 e.